The molecule has 3 nitrogen and oxygen atoms in total. The normalized spacial score (nSPS) is 18.4. The first-order chi connectivity index (χ1) is 8.61. The van der Waals surface area contributed by atoms with Gasteiger partial charge >= 0.3 is 0 Å². The van der Waals surface area contributed by atoms with Gasteiger partial charge in [-0.25, -0.2) is 0 Å². The molecule has 0 aromatic heterocycles. The van der Waals surface area contributed by atoms with E-state index in [9.17, 15) is 0 Å². The van der Waals surface area contributed by atoms with Crippen molar-refractivity contribution in [1.82, 2.24) is 4.90 Å². The van der Waals surface area contributed by atoms with E-state index in [0.29, 0.717) is 0 Å². The zero-order chi connectivity index (χ0) is 13.1. The first-order valence-electron chi connectivity index (χ1n) is 6.26. The van der Waals surface area contributed by atoms with Crippen molar-refractivity contribution in [3.05, 3.63) is 28.8 Å². The Balaban J connectivity index is 2.04. The first-order valence-corrected chi connectivity index (χ1v) is 6.64. The lowest BCUT2D eigenvalue weighted by Crippen LogP contribution is -2.49. The van der Waals surface area contributed by atoms with Gasteiger partial charge in [-0.2, -0.15) is 5.26 Å². The summed E-state index contributed by atoms with van der Waals surface area (Å²) in [5.41, 5.74) is 2.47. The second kappa shape index (κ2) is 5.60. The van der Waals surface area contributed by atoms with Gasteiger partial charge in [0.2, 0.25) is 0 Å². The van der Waals surface area contributed by atoms with E-state index in [-0.39, 0.29) is 6.04 Å². The predicted octanol–water partition coefficient (Wildman–Crippen LogP) is 2.68. The van der Waals surface area contributed by atoms with Crippen molar-refractivity contribution in [3.63, 3.8) is 0 Å². The Labute approximate surface area is 114 Å². The van der Waals surface area contributed by atoms with E-state index in [1.54, 1.807) is 0 Å². The summed E-state index contributed by atoms with van der Waals surface area (Å²) in [6, 6.07) is 8.33. The number of hydrogen-bond acceptors (Lipinski definition) is 3. The van der Waals surface area contributed by atoms with E-state index in [1.807, 2.05) is 19.1 Å². The molecule has 1 aromatic carbocycles. The lowest BCUT2D eigenvalue weighted by Gasteiger charge is -2.37. The molecule has 1 unspecified atom stereocenters. The molecule has 0 bridgehead atoms. The lowest BCUT2D eigenvalue weighted by molar-refractivity contribution is 0.231. The molecule has 0 amide bonds. The Hall–Kier alpha value is -1.24. The van der Waals surface area contributed by atoms with Gasteiger partial charge in [0, 0.05) is 36.9 Å². The molecule has 0 spiro atoms. The third-order valence-corrected chi connectivity index (χ3v) is 3.78. The number of rotatable bonds is 2. The van der Waals surface area contributed by atoms with Gasteiger partial charge in [0.05, 0.1) is 12.1 Å². The highest BCUT2D eigenvalue weighted by Gasteiger charge is 2.21. The van der Waals surface area contributed by atoms with Crippen molar-refractivity contribution in [1.29, 1.82) is 5.26 Å². The van der Waals surface area contributed by atoms with Crippen LogP contribution >= 0.6 is 11.6 Å². The van der Waals surface area contributed by atoms with Gasteiger partial charge in [0.15, 0.2) is 0 Å². The number of nitrogens with zero attached hydrogens (tertiary/aromatic N) is 3. The van der Waals surface area contributed by atoms with E-state index in [1.165, 1.54) is 11.3 Å². The van der Waals surface area contributed by atoms with Gasteiger partial charge in [-0.3, -0.25) is 4.90 Å². The molecule has 1 saturated heterocycles. The minimum atomic E-state index is 0.0125. The molecule has 1 fully saturated rings. The average Bonchev–Trinajstić information content (AvgIpc) is 2.38. The van der Waals surface area contributed by atoms with Gasteiger partial charge in [0.1, 0.15) is 0 Å². The summed E-state index contributed by atoms with van der Waals surface area (Å²) in [6.45, 7) is 7.87. The van der Waals surface area contributed by atoms with E-state index in [2.05, 4.69) is 28.9 Å². The maximum absolute atomic E-state index is 8.92. The van der Waals surface area contributed by atoms with Crippen molar-refractivity contribution in [3.8, 4) is 6.07 Å². The SMILES string of the molecule is Cc1cc(Cl)ccc1N1CCN(C(C)C#N)CC1. The van der Waals surface area contributed by atoms with Gasteiger partial charge in [-0.1, -0.05) is 11.6 Å². The summed E-state index contributed by atoms with van der Waals surface area (Å²) in [6.07, 6.45) is 0. The molecule has 0 N–H and O–H groups in total. The minimum absolute atomic E-state index is 0.0125. The average molecular weight is 264 g/mol. The van der Waals surface area contributed by atoms with Crippen LogP contribution in [0.4, 0.5) is 5.69 Å². The highest BCUT2D eigenvalue weighted by molar-refractivity contribution is 6.30. The molecule has 1 aliphatic rings. The Bertz CT molecular complexity index is 459. The van der Waals surface area contributed by atoms with Crippen LogP contribution < -0.4 is 4.90 Å². The number of halogens is 1. The molecular weight excluding hydrogens is 246 g/mol. The number of nitriles is 1. The summed E-state index contributed by atoms with van der Waals surface area (Å²) in [7, 11) is 0. The lowest BCUT2D eigenvalue weighted by atomic mass is 10.1. The largest absolute Gasteiger partial charge is 0.369 e. The molecule has 2 rings (SSSR count). The van der Waals surface area contributed by atoms with Crippen molar-refractivity contribution >= 4 is 17.3 Å². The monoisotopic (exact) mass is 263 g/mol. The highest BCUT2D eigenvalue weighted by atomic mass is 35.5. The number of benzene rings is 1. The quantitative estimate of drug-likeness (QED) is 0.822. The first kappa shape index (κ1) is 13.2. The summed E-state index contributed by atoms with van der Waals surface area (Å²) in [5, 5.41) is 9.71. The van der Waals surface area contributed by atoms with E-state index >= 15 is 0 Å². The Morgan fingerprint density at radius 3 is 2.50 bits per heavy atom. The van der Waals surface area contributed by atoms with Crippen LogP contribution in [0, 0.1) is 18.3 Å². The van der Waals surface area contributed by atoms with Crippen LogP contribution in [-0.2, 0) is 0 Å². The molecule has 96 valence electrons. The molecule has 0 radical (unpaired) electrons. The molecule has 0 saturated carbocycles. The fraction of sp³-hybridized carbons (Fsp3) is 0.500. The molecule has 1 aliphatic heterocycles. The van der Waals surface area contributed by atoms with Gasteiger partial charge < -0.3 is 4.90 Å². The molecule has 1 aromatic rings. The summed E-state index contributed by atoms with van der Waals surface area (Å²) >= 11 is 5.98. The van der Waals surface area contributed by atoms with Crippen molar-refractivity contribution < 1.29 is 0 Å². The number of aryl methyl sites for hydroxylation is 1. The number of piperazine rings is 1. The second-order valence-electron chi connectivity index (χ2n) is 4.76. The van der Waals surface area contributed by atoms with Crippen LogP contribution in [0.3, 0.4) is 0 Å². The number of hydrogen-bond donors (Lipinski definition) is 0. The van der Waals surface area contributed by atoms with E-state index in [4.69, 9.17) is 16.9 Å². The van der Waals surface area contributed by atoms with Crippen molar-refractivity contribution in [2.24, 2.45) is 0 Å². The maximum atomic E-state index is 8.92. The fourth-order valence-corrected chi connectivity index (χ4v) is 2.63. The second-order valence-corrected chi connectivity index (χ2v) is 5.20. The summed E-state index contributed by atoms with van der Waals surface area (Å²) in [5.74, 6) is 0. The van der Waals surface area contributed by atoms with Crippen LogP contribution in [0.25, 0.3) is 0 Å². The van der Waals surface area contributed by atoms with Gasteiger partial charge in [-0.15, -0.1) is 0 Å². The predicted molar refractivity (Wildman–Crippen MR) is 75.1 cm³/mol. The van der Waals surface area contributed by atoms with Gasteiger partial charge in [-0.05, 0) is 37.6 Å². The number of anilines is 1. The molecule has 1 atom stereocenters. The van der Waals surface area contributed by atoms with Crippen molar-refractivity contribution in [2.45, 2.75) is 19.9 Å². The zero-order valence-corrected chi connectivity index (χ0v) is 11.6. The maximum Gasteiger partial charge on any atom is 0.0950 e. The van der Waals surface area contributed by atoms with Crippen LogP contribution in [-0.4, -0.2) is 37.1 Å². The topological polar surface area (TPSA) is 30.3 Å². The fourth-order valence-electron chi connectivity index (χ4n) is 2.41. The minimum Gasteiger partial charge on any atom is -0.369 e. The highest BCUT2D eigenvalue weighted by Crippen LogP contribution is 2.24. The zero-order valence-electron chi connectivity index (χ0n) is 10.9. The van der Waals surface area contributed by atoms with E-state index in [0.717, 1.165) is 31.2 Å². The van der Waals surface area contributed by atoms with Crippen LogP contribution in [0.1, 0.15) is 12.5 Å². The van der Waals surface area contributed by atoms with E-state index < -0.39 is 0 Å². The van der Waals surface area contributed by atoms with Crippen LogP contribution in [0.15, 0.2) is 18.2 Å². The molecule has 0 aliphatic carbocycles. The Kier molecular flexibility index (Phi) is 4.11. The molecular formula is C14H18ClN3. The third kappa shape index (κ3) is 2.77. The molecule has 18 heavy (non-hydrogen) atoms. The standard InChI is InChI=1S/C14H18ClN3/c1-11-9-13(15)3-4-14(11)18-7-5-17(6-8-18)12(2)10-16/h3-4,9,12H,5-8H2,1-2H3. The molecule has 4 heteroatoms. The Morgan fingerprint density at radius 1 is 1.28 bits per heavy atom. The van der Waals surface area contributed by atoms with Crippen molar-refractivity contribution in [2.75, 3.05) is 31.1 Å². The summed E-state index contributed by atoms with van der Waals surface area (Å²) < 4.78 is 0. The van der Waals surface area contributed by atoms with Gasteiger partial charge in [0.25, 0.3) is 0 Å². The van der Waals surface area contributed by atoms with Crippen LogP contribution in [0.2, 0.25) is 5.02 Å². The summed E-state index contributed by atoms with van der Waals surface area (Å²) in [4.78, 5) is 4.59. The molecule has 1 heterocycles. The smallest absolute Gasteiger partial charge is 0.0950 e. The van der Waals surface area contributed by atoms with Crippen LogP contribution in [0.5, 0.6) is 0 Å². The Morgan fingerprint density at radius 2 is 1.94 bits per heavy atom. The third-order valence-electron chi connectivity index (χ3n) is 3.55.